The van der Waals surface area contributed by atoms with Gasteiger partial charge in [-0.3, -0.25) is 9.69 Å². The number of hydrogen-bond acceptors (Lipinski definition) is 5. The van der Waals surface area contributed by atoms with Crippen LogP contribution in [0.25, 0.3) is 0 Å². The Bertz CT molecular complexity index is 1320. The predicted octanol–water partition coefficient (Wildman–Crippen LogP) is 6.39. The lowest BCUT2D eigenvalue weighted by molar-refractivity contribution is -0.253. The molecule has 5 rings (SSSR count). The second-order valence-electron chi connectivity index (χ2n) is 10.3. The third-order valence-electron chi connectivity index (χ3n) is 7.05. The number of carbonyl (C=O) groups excluding carboxylic acids is 1. The molecule has 0 spiro atoms. The molecule has 40 heavy (non-hydrogen) atoms. The Balaban J connectivity index is 1.41. The number of nitrogens with one attached hydrogen (secondary N) is 1. The average Bonchev–Trinajstić information content (AvgIpc) is 2.98. The second-order valence-corrected chi connectivity index (χ2v) is 10.3. The van der Waals surface area contributed by atoms with Crippen LogP contribution in [0, 0.1) is 0 Å². The van der Waals surface area contributed by atoms with Gasteiger partial charge in [-0.1, -0.05) is 97.1 Å². The normalized spacial score (nSPS) is 18.9. The van der Waals surface area contributed by atoms with Crippen molar-refractivity contribution in [1.29, 1.82) is 0 Å². The van der Waals surface area contributed by atoms with Crippen molar-refractivity contribution in [2.24, 2.45) is 0 Å². The van der Waals surface area contributed by atoms with Crippen LogP contribution in [0.3, 0.4) is 0 Å². The van der Waals surface area contributed by atoms with Crippen molar-refractivity contribution in [3.8, 4) is 0 Å². The fourth-order valence-electron chi connectivity index (χ4n) is 5.16. The van der Waals surface area contributed by atoms with Gasteiger partial charge in [-0.05, 0) is 34.4 Å². The summed E-state index contributed by atoms with van der Waals surface area (Å²) < 4.78 is 13.1. The van der Waals surface area contributed by atoms with Crippen LogP contribution in [0.1, 0.15) is 53.6 Å². The highest BCUT2D eigenvalue weighted by molar-refractivity contribution is 5.88. The Kier molecular flexibility index (Phi) is 9.37. The SMILES string of the molecule is CC(=O)Nc1cccc(C2OC(CN(Cc3ccccc3)Cc3ccccc3)CC(c3ccc(CO)cc3)O2)c1. The van der Waals surface area contributed by atoms with E-state index in [2.05, 4.69) is 58.7 Å². The van der Waals surface area contributed by atoms with E-state index in [4.69, 9.17) is 9.47 Å². The highest BCUT2D eigenvalue weighted by atomic mass is 16.7. The molecule has 1 aliphatic heterocycles. The van der Waals surface area contributed by atoms with E-state index in [0.29, 0.717) is 12.1 Å². The molecule has 3 atom stereocenters. The molecule has 0 bridgehead atoms. The lowest BCUT2D eigenvalue weighted by Crippen LogP contribution is -2.39. The molecule has 1 aliphatic rings. The number of amides is 1. The summed E-state index contributed by atoms with van der Waals surface area (Å²) in [4.78, 5) is 14.1. The van der Waals surface area contributed by atoms with E-state index in [9.17, 15) is 9.90 Å². The number of aliphatic hydroxyl groups is 1. The number of hydrogen-bond donors (Lipinski definition) is 2. The maximum Gasteiger partial charge on any atom is 0.221 e. The van der Waals surface area contributed by atoms with E-state index in [0.717, 1.165) is 36.3 Å². The van der Waals surface area contributed by atoms with Crippen molar-refractivity contribution in [2.75, 3.05) is 11.9 Å². The van der Waals surface area contributed by atoms with Gasteiger partial charge in [0.25, 0.3) is 0 Å². The molecule has 0 aliphatic carbocycles. The van der Waals surface area contributed by atoms with Crippen LogP contribution >= 0.6 is 0 Å². The topological polar surface area (TPSA) is 71.0 Å². The summed E-state index contributed by atoms with van der Waals surface area (Å²) in [6, 6.07) is 36.6. The van der Waals surface area contributed by atoms with Gasteiger partial charge >= 0.3 is 0 Å². The molecule has 0 aromatic heterocycles. The number of benzene rings is 4. The van der Waals surface area contributed by atoms with Crippen LogP contribution in [0.4, 0.5) is 5.69 Å². The molecule has 1 heterocycles. The van der Waals surface area contributed by atoms with E-state index in [-0.39, 0.29) is 24.7 Å². The number of nitrogens with zero attached hydrogens (tertiary/aromatic N) is 1. The summed E-state index contributed by atoms with van der Waals surface area (Å²) in [7, 11) is 0. The van der Waals surface area contributed by atoms with Gasteiger partial charge in [-0.25, -0.2) is 0 Å². The Morgan fingerprint density at radius 2 is 1.45 bits per heavy atom. The largest absolute Gasteiger partial charge is 0.392 e. The van der Waals surface area contributed by atoms with E-state index in [1.54, 1.807) is 0 Å². The Labute approximate surface area is 236 Å². The van der Waals surface area contributed by atoms with Gasteiger partial charge in [0, 0.05) is 44.2 Å². The highest BCUT2D eigenvalue weighted by Crippen LogP contribution is 2.39. The number of aliphatic hydroxyl groups excluding tert-OH is 1. The molecule has 1 fully saturated rings. The van der Waals surface area contributed by atoms with Gasteiger partial charge in [0.1, 0.15) is 0 Å². The number of anilines is 1. The van der Waals surface area contributed by atoms with Gasteiger partial charge in [0.2, 0.25) is 5.91 Å². The molecule has 1 amide bonds. The maximum absolute atomic E-state index is 11.7. The van der Waals surface area contributed by atoms with E-state index >= 15 is 0 Å². The molecule has 6 nitrogen and oxygen atoms in total. The zero-order valence-corrected chi connectivity index (χ0v) is 22.8. The van der Waals surface area contributed by atoms with Gasteiger partial charge in [0.05, 0.1) is 18.8 Å². The number of carbonyl (C=O) groups is 1. The van der Waals surface area contributed by atoms with Crippen LogP contribution in [0.5, 0.6) is 0 Å². The van der Waals surface area contributed by atoms with Crippen LogP contribution in [0.15, 0.2) is 109 Å². The molecular weight excluding hydrogens is 500 g/mol. The first-order chi connectivity index (χ1) is 19.6. The highest BCUT2D eigenvalue weighted by Gasteiger charge is 2.33. The molecule has 6 heteroatoms. The quantitative estimate of drug-likeness (QED) is 0.246. The zero-order valence-electron chi connectivity index (χ0n) is 22.8. The summed E-state index contributed by atoms with van der Waals surface area (Å²) in [5.41, 5.74) is 5.97. The standard InChI is InChI=1S/C34H36N2O4/c1-25(38)35-31-14-8-13-30(19-31)34-39-32(20-33(40-34)29-17-15-28(24-37)16-18-29)23-36(21-26-9-4-2-5-10-26)22-27-11-6-3-7-12-27/h2-19,32-34,37H,20-24H2,1H3,(H,35,38). The molecule has 1 saturated heterocycles. The van der Waals surface area contributed by atoms with Gasteiger partial charge in [-0.2, -0.15) is 0 Å². The molecule has 4 aromatic carbocycles. The fourth-order valence-corrected chi connectivity index (χ4v) is 5.16. The molecule has 206 valence electrons. The molecule has 4 aromatic rings. The minimum absolute atomic E-state index is 0.00401. The molecule has 0 saturated carbocycles. The molecule has 0 radical (unpaired) electrons. The third kappa shape index (κ3) is 7.64. The van der Waals surface area contributed by atoms with Crippen LogP contribution in [-0.2, 0) is 34.0 Å². The summed E-state index contributed by atoms with van der Waals surface area (Å²) in [6.45, 7) is 3.82. The molecule has 3 unspecified atom stereocenters. The summed E-state index contributed by atoms with van der Waals surface area (Å²) in [5.74, 6) is -0.125. The lowest BCUT2D eigenvalue weighted by Gasteiger charge is -2.38. The number of rotatable bonds is 10. The van der Waals surface area contributed by atoms with Crippen molar-refractivity contribution in [3.63, 3.8) is 0 Å². The summed E-state index contributed by atoms with van der Waals surface area (Å²) in [5, 5.41) is 12.4. The average molecular weight is 537 g/mol. The van der Waals surface area contributed by atoms with E-state index < -0.39 is 6.29 Å². The van der Waals surface area contributed by atoms with Crippen molar-refractivity contribution in [3.05, 3.63) is 137 Å². The fraction of sp³-hybridized carbons (Fsp3) is 0.265. The van der Waals surface area contributed by atoms with Gasteiger partial charge in [0.15, 0.2) is 6.29 Å². The van der Waals surface area contributed by atoms with Crippen LogP contribution < -0.4 is 5.32 Å². The summed E-state index contributed by atoms with van der Waals surface area (Å²) >= 11 is 0. The zero-order chi connectivity index (χ0) is 27.7. The lowest BCUT2D eigenvalue weighted by atomic mass is 9.99. The summed E-state index contributed by atoms with van der Waals surface area (Å²) in [6.07, 6.45) is -0.180. The smallest absolute Gasteiger partial charge is 0.221 e. The first-order valence-corrected chi connectivity index (χ1v) is 13.7. The predicted molar refractivity (Wildman–Crippen MR) is 156 cm³/mol. The minimum Gasteiger partial charge on any atom is -0.392 e. The van der Waals surface area contributed by atoms with E-state index in [1.807, 2.05) is 60.7 Å². The van der Waals surface area contributed by atoms with E-state index in [1.165, 1.54) is 18.1 Å². The Morgan fingerprint density at radius 1 is 0.800 bits per heavy atom. The van der Waals surface area contributed by atoms with Gasteiger partial charge in [-0.15, -0.1) is 0 Å². The first kappa shape index (κ1) is 27.7. The Hall–Kier alpha value is -3.81. The van der Waals surface area contributed by atoms with Crippen molar-refractivity contribution in [2.45, 2.75) is 51.5 Å². The minimum atomic E-state index is -0.592. The van der Waals surface area contributed by atoms with Crippen LogP contribution in [-0.4, -0.2) is 28.6 Å². The van der Waals surface area contributed by atoms with Gasteiger partial charge < -0.3 is 19.9 Å². The molecule has 2 N–H and O–H groups in total. The van der Waals surface area contributed by atoms with Crippen molar-refractivity contribution < 1.29 is 19.4 Å². The molecular formula is C34H36N2O4. The number of ether oxygens (including phenoxy) is 2. The third-order valence-corrected chi connectivity index (χ3v) is 7.05. The maximum atomic E-state index is 11.7. The van der Waals surface area contributed by atoms with Crippen molar-refractivity contribution in [1.82, 2.24) is 4.90 Å². The first-order valence-electron chi connectivity index (χ1n) is 13.7. The Morgan fingerprint density at radius 3 is 2.05 bits per heavy atom. The monoisotopic (exact) mass is 536 g/mol. The van der Waals surface area contributed by atoms with Crippen LogP contribution in [0.2, 0.25) is 0 Å². The second kappa shape index (κ2) is 13.5. The van der Waals surface area contributed by atoms with Crippen molar-refractivity contribution >= 4 is 11.6 Å².